The molecular formula is C18H26ClN3O. The van der Waals surface area contributed by atoms with Gasteiger partial charge in [0.05, 0.1) is 0 Å². The predicted octanol–water partition coefficient (Wildman–Crippen LogP) is 2.29. The highest BCUT2D eigenvalue weighted by atomic mass is 35.5. The van der Waals surface area contributed by atoms with E-state index in [-0.39, 0.29) is 0 Å². The molecule has 0 bridgehead atoms. The van der Waals surface area contributed by atoms with Crippen LogP contribution in [0.25, 0.3) is 0 Å². The monoisotopic (exact) mass is 335 g/mol. The number of amides is 1. The van der Waals surface area contributed by atoms with Gasteiger partial charge in [-0.05, 0) is 25.1 Å². The molecule has 1 aromatic rings. The topological polar surface area (TPSA) is 26.8 Å². The third-order valence-electron chi connectivity index (χ3n) is 5.12. The van der Waals surface area contributed by atoms with E-state index in [0.29, 0.717) is 18.2 Å². The van der Waals surface area contributed by atoms with Crippen LogP contribution in [-0.4, -0.2) is 73.5 Å². The van der Waals surface area contributed by atoms with Crippen LogP contribution in [0, 0.1) is 0 Å². The minimum absolute atomic E-state index is 0.290. The zero-order valence-corrected chi connectivity index (χ0v) is 14.6. The lowest BCUT2D eigenvalue weighted by molar-refractivity contribution is -0.130. The average Bonchev–Trinajstić information content (AvgIpc) is 3.04. The third-order valence-corrected chi connectivity index (χ3v) is 5.47. The van der Waals surface area contributed by atoms with Gasteiger partial charge in [0, 0.05) is 63.2 Å². The van der Waals surface area contributed by atoms with Crippen molar-refractivity contribution in [1.82, 2.24) is 14.7 Å². The van der Waals surface area contributed by atoms with E-state index in [0.717, 1.165) is 57.3 Å². The second-order valence-corrected chi connectivity index (χ2v) is 7.15. The fourth-order valence-electron chi connectivity index (χ4n) is 3.53. The van der Waals surface area contributed by atoms with Gasteiger partial charge in [0.25, 0.3) is 0 Å². The van der Waals surface area contributed by atoms with Crippen molar-refractivity contribution in [3.05, 3.63) is 34.9 Å². The third kappa shape index (κ3) is 4.25. The SMILES string of the molecule is CN1CCN(CCC(=O)N2CCC(c3ccccc3Cl)C2)CC1. The summed E-state index contributed by atoms with van der Waals surface area (Å²) in [6.45, 7) is 6.92. The van der Waals surface area contributed by atoms with Crippen LogP contribution in [0.5, 0.6) is 0 Å². The number of likely N-dealkylation sites (N-methyl/N-ethyl adjacent to an activating group) is 1. The molecule has 2 aliphatic heterocycles. The highest BCUT2D eigenvalue weighted by molar-refractivity contribution is 6.31. The lowest BCUT2D eigenvalue weighted by Gasteiger charge is -2.32. The maximum absolute atomic E-state index is 12.5. The second-order valence-electron chi connectivity index (χ2n) is 6.74. The largest absolute Gasteiger partial charge is 0.342 e. The van der Waals surface area contributed by atoms with Crippen LogP contribution in [0.15, 0.2) is 24.3 Å². The van der Waals surface area contributed by atoms with Crippen molar-refractivity contribution in [2.75, 3.05) is 52.9 Å². The summed E-state index contributed by atoms with van der Waals surface area (Å²) < 4.78 is 0. The average molecular weight is 336 g/mol. The van der Waals surface area contributed by atoms with Crippen LogP contribution in [0.4, 0.5) is 0 Å². The summed E-state index contributed by atoms with van der Waals surface area (Å²) in [6.07, 6.45) is 1.66. The highest BCUT2D eigenvalue weighted by Gasteiger charge is 2.28. The number of carbonyl (C=O) groups is 1. The Hall–Kier alpha value is -1.10. The first-order valence-corrected chi connectivity index (χ1v) is 8.94. The summed E-state index contributed by atoms with van der Waals surface area (Å²) in [6, 6.07) is 8.01. The number of carbonyl (C=O) groups excluding carboxylic acids is 1. The number of piperazine rings is 1. The van der Waals surface area contributed by atoms with Crippen LogP contribution < -0.4 is 0 Å². The van der Waals surface area contributed by atoms with Crippen LogP contribution >= 0.6 is 11.6 Å². The maximum atomic E-state index is 12.5. The second kappa shape index (κ2) is 7.65. The molecular weight excluding hydrogens is 310 g/mol. The standard InChI is InChI=1S/C18H26ClN3O/c1-20-10-12-21(13-11-20)8-7-18(23)22-9-6-15(14-22)16-4-2-3-5-17(16)19/h2-5,15H,6-14H2,1H3. The first kappa shape index (κ1) is 16.7. The molecule has 1 aromatic carbocycles. The number of likely N-dealkylation sites (tertiary alicyclic amines) is 1. The fourth-order valence-corrected chi connectivity index (χ4v) is 3.82. The van der Waals surface area contributed by atoms with E-state index in [1.165, 1.54) is 5.56 Å². The number of hydrogen-bond acceptors (Lipinski definition) is 3. The maximum Gasteiger partial charge on any atom is 0.223 e. The van der Waals surface area contributed by atoms with Crippen molar-refractivity contribution in [1.29, 1.82) is 0 Å². The number of halogens is 1. The molecule has 1 unspecified atom stereocenters. The minimum atomic E-state index is 0.290. The van der Waals surface area contributed by atoms with Crippen molar-refractivity contribution < 1.29 is 4.79 Å². The Kier molecular flexibility index (Phi) is 5.57. The molecule has 0 aliphatic carbocycles. The van der Waals surface area contributed by atoms with Crippen LogP contribution in [0.1, 0.15) is 24.3 Å². The zero-order valence-electron chi connectivity index (χ0n) is 13.9. The van der Waals surface area contributed by atoms with Crippen molar-refractivity contribution in [3.8, 4) is 0 Å². The number of benzene rings is 1. The normalized spacial score (nSPS) is 23.4. The molecule has 0 aromatic heterocycles. The number of nitrogens with zero attached hydrogens (tertiary/aromatic N) is 3. The molecule has 2 heterocycles. The molecule has 2 fully saturated rings. The van der Waals surface area contributed by atoms with E-state index < -0.39 is 0 Å². The Balaban J connectivity index is 1.47. The molecule has 0 saturated carbocycles. The first-order valence-electron chi connectivity index (χ1n) is 8.56. The number of hydrogen-bond donors (Lipinski definition) is 0. The fraction of sp³-hybridized carbons (Fsp3) is 0.611. The van der Waals surface area contributed by atoms with Crippen LogP contribution in [0.3, 0.4) is 0 Å². The smallest absolute Gasteiger partial charge is 0.223 e. The van der Waals surface area contributed by atoms with Crippen molar-refractivity contribution in [3.63, 3.8) is 0 Å². The van der Waals surface area contributed by atoms with E-state index in [4.69, 9.17) is 11.6 Å². The van der Waals surface area contributed by atoms with Gasteiger partial charge in [-0.3, -0.25) is 4.79 Å². The van der Waals surface area contributed by atoms with Gasteiger partial charge >= 0.3 is 0 Å². The van der Waals surface area contributed by atoms with Crippen molar-refractivity contribution in [2.45, 2.75) is 18.8 Å². The first-order chi connectivity index (χ1) is 11.1. The molecule has 0 N–H and O–H groups in total. The molecule has 3 rings (SSSR count). The molecule has 1 atom stereocenters. The van der Waals surface area contributed by atoms with Crippen molar-refractivity contribution >= 4 is 17.5 Å². The lowest BCUT2D eigenvalue weighted by Crippen LogP contribution is -2.45. The molecule has 2 aliphatic rings. The van der Waals surface area contributed by atoms with E-state index in [1.54, 1.807) is 0 Å². The van der Waals surface area contributed by atoms with Crippen LogP contribution in [-0.2, 0) is 4.79 Å². The Labute approximate surface area is 144 Å². The van der Waals surface area contributed by atoms with Crippen LogP contribution in [0.2, 0.25) is 5.02 Å². The summed E-state index contributed by atoms with van der Waals surface area (Å²) in [7, 11) is 2.15. The Morgan fingerprint density at radius 1 is 1.17 bits per heavy atom. The van der Waals surface area contributed by atoms with Gasteiger partial charge in [-0.2, -0.15) is 0 Å². The van der Waals surface area contributed by atoms with Crippen molar-refractivity contribution in [2.24, 2.45) is 0 Å². The molecule has 4 nitrogen and oxygen atoms in total. The van der Waals surface area contributed by atoms with Gasteiger partial charge in [0.2, 0.25) is 5.91 Å². The van der Waals surface area contributed by atoms with Gasteiger partial charge in [-0.25, -0.2) is 0 Å². The minimum Gasteiger partial charge on any atom is -0.342 e. The van der Waals surface area contributed by atoms with Gasteiger partial charge in [-0.1, -0.05) is 29.8 Å². The van der Waals surface area contributed by atoms with E-state index in [1.807, 2.05) is 23.1 Å². The molecule has 23 heavy (non-hydrogen) atoms. The highest BCUT2D eigenvalue weighted by Crippen LogP contribution is 2.32. The molecule has 0 spiro atoms. The number of rotatable bonds is 4. The molecule has 0 radical (unpaired) electrons. The summed E-state index contributed by atoms with van der Waals surface area (Å²) in [5.41, 5.74) is 1.18. The quantitative estimate of drug-likeness (QED) is 0.844. The lowest BCUT2D eigenvalue weighted by atomic mass is 9.98. The Morgan fingerprint density at radius 2 is 1.91 bits per heavy atom. The summed E-state index contributed by atoms with van der Waals surface area (Å²) in [5.74, 6) is 0.676. The van der Waals surface area contributed by atoms with E-state index in [9.17, 15) is 4.79 Å². The van der Waals surface area contributed by atoms with Gasteiger partial charge < -0.3 is 14.7 Å². The van der Waals surface area contributed by atoms with Gasteiger partial charge in [0.1, 0.15) is 0 Å². The van der Waals surface area contributed by atoms with Gasteiger partial charge in [-0.15, -0.1) is 0 Å². The predicted molar refractivity (Wildman–Crippen MR) is 93.9 cm³/mol. The Bertz CT molecular complexity index is 543. The zero-order chi connectivity index (χ0) is 16.2. The van der Waals surface area contributed by atoms with E-state index in [2.05, 4.69) is 22.9 Å². The molecule has 2 saturated heterocycles. The van der Waals surface area contributed by atoms with Gasteiger partial charge in [0.15, 0.2) is 0 Å². The molecule has 1 amide bonds. The van der Waals surface area contributed by atoms with E-state index >= 15 is 0 Å². The molecule has 5 heteroatoms. The summed E-state index contributed by atoms with van der Waals surface area (Å²) in [4.78, 5) is 19.2. The summed E-state index contributed by atoms with van der Waals surface area (Å²) >= 11 is 6.29. The Morgan fingerprint density at radius 3 is 2.65 bits per heavy atom. The summed E-state index contributed by atoms with van der Waals surface area (Å²) in [5, 5.41) is 0.823. The molecule has 126 valence electrons.